The number of hydrogen-bond donors (Lipinski definition) is 4. The summed E-state index contributed by atoms with van der Waals surface area (Å²) in [7, 11) is 0. The third-order valence-corrected chi connectivity index (χ3v) is 5.34. The zero-order chi connectivity index (χ0) is 19.1. The van der Waals surface area contributed by atoms with Crippen LogP contribution >= 0.6 is 11.8 Å². The Hall–Kier alpha value is -3.52. The normalized spacial score (nSPS) is 11.3. The van der Waals surface area contributed by atoms with E-state index in [4.69, 9.17) is 4.98 Å². The van der Waals surface area contributed by atoms with E-state index < -0.39 is 0 Å². The fourth-order valence-corrected chi connectivity index (χ4v) is 4.00. The second-order valence-electron chi connectivity index (χ2n) is 6.47. The molecule has 0 spiro atoms. The molecular weight excluding hydrogens is 372 g/mol. The number of benzene rings is 2. The molecule has 5 aromatic rings. The van der Waals surface area contributed by atoms with E-state index in [1.165, 1.54) is 0 Å². The molecule has 0 saturated heterocycles. The highest BCUT2D eigenvalue weighted by molar-refractivity contribution is 7.99. The van der Waals surface area contributed by atoms with Gasteiger partial charge >= 0.3 is 0 Å². The van der Waals surface area contributed by atoms with Gasteiger partial charge in [-0.3, -0.25) is 20.1 Å². The highest BCUT2D eigenvalue weighted by Gasteiger charge is 2.10. The monoisotopic (exact) mass is 388 g/mol. The molecule has 0 aliphatic heterocycles. The highest BCUT2D eigenvalue weighted by atomic mass is 32.2. The minimum absolute atomic E-state index is 0.115. The maximum absolute atomic E-state index is 11.7. The Bertz CT molecular complexity index is 1370. The van der Waals surface area contributed by atoms with E-state index in [0.29, 0.717) is 5.39 Å². The predicted molar refractivity (Wildman–Crippen MR) is 111 cm³/mol. The summed E-state index contributed by atoms with van der Waals surface area (Å²) in [5.74, 6) is 0.760. The molecule has 4 N–H and O–H groups in total. The fourth-order valence-electron chi connectivity index (χ4n) is 3.13. The summed E-state index contributed by atoms with van der Waals surface area (Å²) in [5.41, 5.74) is 3.50. The predicted octanol–water partition coefficient (Wildman–Crippen LogP) is 4.33. The van der Waals surface area contributed by atoms with Gasteiger partial charge in [-0.05, 0) is 37.3 Å². The number of fused-ring (bicyclic) bond motifs is 2. The number of aryl methyl sites for hydroxylation is 1. The zero-order valence-electron chi connectivity index (χ0n) is 14.9. The third-order valence-electron chi connectivity index (χ3n) is 4.43. The molecule has 2 aromatic carbocycles. The average molecular weight is 388 g/mol. The Morgan fingerprint density at radius 1 is 1.00 bits per heavy atom. The van der Waals surface area contributed by atoms with Crippen molar-refractivity contribution in [2.24, 2.45) is 0 Å². The number of aromatic amines is 3. The number of aromatic nitrogens is 5. The van der Waals surface area contributed by atoms with Crippen molar-refractivity contribution in [3.63, 3.8) is 0 Å². The largest absolute Gasteiger partial charge is 0.338 e. The standard InChI is InChI=1S/C20H16N6OS/c1-11-8-18(25-23-11)21-16-10-19(22-15-5-3-2-4-13(15)16)28-12-6-7-14-17(9-12)24-26-20(14)27/h2-10H,1H3,(H2,24,26,27)(H2,21,22,23,25). The van der Waals surface area contributed by atoms with Crippen LogP contribution in [0.2, 0.25) is 0 Å². The molecule has 0 aliphatic carbocycles. The van der Waals surface area contributed by atoms with Crippen LogP contribution in [0.15, 0.2) is 69.3 Å². The van der Waals surface area contributed by atoms with Gasteiger partial charge in [0.2, 0.25) is 0 Å². The number of nitrogens with zero attached hydrogens (tertiary/aromatic N) is 2. The lowest BCUT2D eigenvalue weighted by molar-refractivity contribution is 1.05. The molecule has 0 atom stereocenters. The number of anilines is 2. The van der Waals surface area contributed by atoms with Gasteiger partial charge in [0.25, 0.3) is 5.56 Å². The van der Waals surface area contributed by atoms with Crippen molar-refractivity contribution in [1.29, 1.82) is 0 Å². The van der Waals surface area contributed by atoms with E-state index >= 15 is 0 Å². The summed E-state index contributed by atoms with van der Waals surface area (Å²) in [6, 6.07) is 17.7. The average Bonchev–Trinajstić information content (AvgIpc) is 3.27. The van der Waals surface area contributed by atoms with Gasteiger partial charge in [0.1, 0.15) is 5.03 Å². The lowest BCUT2D eigenvalue weighted by atomic mass is 10.2. The highest BCUT2D eigenvalue weighted by Crippen LogP contribution is 2.33. The van der Waals surface area contributed by atoms with Crippen molar-refractivity contribution in [2.45, 2.75) is 16.8 Å². The Balaban J connectivity index is 1.55. The first kappa shape index (κ1) is 16.6. The van der Waals surface area contributed by atoms with Gasteiger partial charge in [-0.15, -0.1) is 0 Å². The van der Waals surface area contributed by atoms with Crippen LogP contribution in [0.3, 0.4) is 0 Å². The first-order valence-corrected chi connectivity index (χ1v) is 9.54. The van der Waals surface area contributed by atoms with Crippen LogP contribution in [0.4, 0.5) is 11.5 Å². The molecule has 0 amide bonds. The molecule has 3 heterocycles. The second kappa shape index (κ2) is 6.58. The third kappa shape index (κ3) is 3.03. The topological polar surface area (TPSA) is 102 Å². The molecule has 28 heavy (non-hydrogen) atoms. The van der Waals surface area contributed by atoms with Crippen molar-refractivity contribution in [3.05, 3.63) is 70.6 Å². The molecule has 0 saturated carbocycles. The lowest BCUT2D eigenvalue weighted by Gasteiger charge is -2.10. The van der Waals surface area contributed by atoms with Crippen LogP contribution in [0.25, 0.3) is 21.8 Å². The minimum atomic E-state index is -0.115. The SMILES string of the molecule is Cc1cc(Nc2cc(Sc3ccc4c(=O)[nH][nH]c4c3)nc3ccccc23)n[nH]1. The molecule has 0 fully saturated rings. The van der Waals surface area contributed by atoms with Gasteiger partial charge in [0, 0.05) is 22.0 Å². The van der Waals surface area contributed by atoms with Gasteiger partial charge in [0.05, 0.1) is 22.1 Å². The fraction of sp³-hybridized carbons (Fsp3) is 0.0500. The van der Waals surface area contributed by atoms with Crippen molar-refractivity contribution in [2.75, 3.05) is 5.32 Å². The zero-order valence-corrected chi connectivity index (χ0v) is 15.7. The summed E-state index contributed by atoms with van der Waals surface area (Å²) in [6.45, 7) is 1.96. The van der Waals surface area contributed by atoms with Crippen LogP contribution in [-0.4, -0.2) is 25.4 Å². The number of pyridine rings is 1. The van der Waals surface area contributed by atoms with Crippen molar-refractivity contribution < 1.29 is 0 Å². The van der Waals surface area contributed by atoms with Crippen molar-refractivity contribution in [3.8, 4) is 0 Å². The van der Waals surface area contributed by atoms with E-state index in [1.807, 2.05) is 61.5 Å². The van der Waals surface area contributed by atoms with Crippen molar-refractivity contribution >= 4 is 45.1 Å². The molecule has 8 heteroatoms. The van der Waals surface area contributed by atoms with Gasteiger partial charge in [-0.1, -0.05) is 30.0 Å². The molecule has 0 unspecified atom stereocenters. The quantitative estimate of drug-likeness (QED) is 0.367. The smallest absolute Gasteiger partial charge is 0.271 e. The first-order valence-electron chi connectivity index (χ1n) is 8.73. The Morgan fingerprint density at radius 3 is 2.75 bits per heavy atom. The molecule has 0 bridgehead atoms. The van der Waals surface area contributed by atoms with E-state index in [-0.39, 0.29) is 5.56 Å². The summed E-state index contributed by atoms with van der Waals surface area (Å²) in [4.78, 5) is 17.5. The Morgan fingerprint density at radius 2 is 1.89 bits per heavy atom. The summed E-state index contributed by atoms with van der Waals surface area (Å²) in [6.07, 6.45) is 0. The molecule has 0 aliphatic rings. The van der Waals surface area contributed by atoms with E-state index in [1.54, 1.807) is 11.8 Å². The van der Waals surface area contributed by atoms with E-state index in [2.05, 4.69) is 25.7 Å². The number of hydrogen-bond acceptors (Lipinski definition) is 5. The maximum atomic E-state index is 11.7. The van der Waals surface area contributed by atoms with Gasteiger partial charge in [-0.2, -0.15) is 5.10 Å². The molecule has 0 radical (unpaired) electrons. The van der Waals surface area contributed by atoms with Gasteiger partial charge in [0.15, 0.2) is 5.82 Å². The van der Waals surface area contributed by atoms with Crippen LogP contribution in [0, 0.1) is 6.92 Å². The van der Waals surface area contributed by atoms with E-state index in [9.17, 15) is 4.79 Å². The molecule has 5 rings (SSSR count). The van der Waals surface area contributed by atoms with E-state index in [0.717, 1.165) is 43.5 Å². The van der Waals surface area contributed by atoms with Crippen molar-refractivity contribution in [1.82, 2.24) is 25.4 Å². The van der Waals surface area contributed by atoms with Gasteiger partial charge in [-0.25, -0.2) is 4.98 Å². The van der Waals surface area contributed by atoms with Crippen LogP contribution in [-0.2, 0) is 0 Å². The number of para-hydroxylation sites is 1. The Kier molecular flexibility index (Phi) is 3.91. The number of H-pyrrole nitrogens is 3. The summed E-state index contributed by atoms with van der Waals surface area (Å²) >= 11 is 1.54. The van der Waals surface area contributed by atoms with Crippen LogP contribution in [0.5, 0.6) is 0 Å². The van der Waals surface area contributed by atoms with Crippen LogP contribution in [0.1, 0.15) is 5.69 Å². The summed E-state index contributed by atoms with van der Waals surface area (Å²) in [5, 5.41) is 18.6. The Labute approximate surface area is 163 Å². The minimum Gasteiger partial charge on any atom is -0.338 e. The lowest BCUT2D eigenvalue weighted by Crippen LogP contribution is -1.96. The molecule has 3 aromatic heterocycles. The molecule has 138 valence electrons. The van der Waals surface area contributed by atoms with Gasteiger partial charge < -0.3 is 5.32 Å². The second-order valence-corrected chi connectivity index (χ2v) is 7.57. The number of rotatable bonds is 4. The molecular formula is C20H16N6OS. The summed E-state index contributed by atoms with van der Waals surface area (Å²) < 4.78 is 0. The first-order chi connectivity index (χ1) is 13.7. The molecule has 7 nitrogen and oxygen atoms in total. The number of nitrogens with one attached hydrogen (secondary N) is 4. The maximum Gasteiger partial charge on any atom is 0.271 e. The van der Waals surface area contributed by atoms with Crippen LogP contribution < -0.4 is 10.9 Å².